The van der Waals surface area contributed by atoms with Crippen LogP contribution in [0.1, 0.15) is 13.8 Å². The number of rotatable bonds is 6. The lowest BCUT2D eigenvalue weighted by atomic mass is 10.0. The van der Waals surface area contributed by atoms with E-state index in [-0.39, 0.29) is 13.1 Å². The van der Waals surface area contributed by atoms with E-state index in [4.69, 9.17) is 0 Å². The van der Waals surface area contributed by atoms with E-state index < -0.39 is 31.0 Å². The molecule has 18 heavy (non-hydrogen) atoms. The molecule has 0 aliphatic carbocycles. The molecule has 0 aromatic carbocycles. The molecule has 0 amide bonds. The lowest BCUT2D eigenvalue weighted by Gasteiger charge is -2.38. The van der Waals surface area contributed by atoms with Gasteiger partial charge in [0.1, 0.15) is 0 Å². The molecule has 0 saturated carbocycles. The molecule has 0 spiro atoms. The van der Waals surface area contributed by atoms with Crippen molar-refractivity contribution in [3.63, 3.8) is 0 Å². The first-order valence-corrected chi connectivity index (χ1v) is 5.03. The van der Waals surface area contributed by atoms with Crippen LogP contribution >= 0.6 is 0 Å². The summed E-state index contributed by atoms with van der Waals surface area (Å²) < 4.78 is 79.4. The zero-order valence-corrected chi connectivity index (χ0v) is 9.73. The second-order valence-corrected chi connectivity index (χ2v) is 3.50. The van der Waals surface area contributed by atoms with Crippen LogP contribution in [-0.4, -0.2) is 49.0 Å². The SMILES string of the molecule is CCN(CC)CC(OC=O)(C(F)(F)F)C(F)(F)F. The van der Waals surface area contributed by atoms with Gasteiger partial charge in [0.15, 0.2) is 0 Å². The third kappa shape index (κ3) is 3.27. The molecular weight excluding hydrogens is 268 g/mol. The highest BCUT2D eigenvalue weighted by Gasteiger charge is 2.73. The van der Waals surface area contributed by atoms with Crippen LogP contribution in [0.2, 0.25) is 0 Å². The van der Waals surface area contributed by atoms with Gasteiger partial charge < -0.3 is 4.74 Å². The molecule has 108 valence electrons. The fourth-order valence-corrected chi connectivity index (χ4v) is 1.36. The summed E-state index contributed by atoms with van der Waals surface area (Å²) in [4.78, 5) is 10.9. The van der Waals surface area contributed by atoms with E-state index in [2.05, 4.69) is 4.74 Å². The van der Waals surface area contributed by atoms with Crippen molar-refractivity contribution in [2.24, 2.45) is 0 Å². The highest BCUT2D eigenvalue weighted by molar-refractivity contribution is 5.39. The molecule has 0 aromatic heterocycles. The van der Waals surface area contributed by atoms with Gasteiger partial charge in [-0.2, -0.15) is 26.3 Å². The molecule has 0 aliphatic rings. The zero-order valence-electron chi connectivity index (χ0n) is 9.73. The highest BCUT2D eigenvalue weighted by atomic mass is 19.4. The number of carbonyl (C=O) groups excluding carboxylic acids is 1. The van der Waals surface area contributed by atoms with Crippen LogP contribution < -0.4 is 0 Å². The van der Waals surface area contributed by atoms with Gasteiger partial charge in [-0.3, -0.25) is 9.69 Å². The van der Waals surface area contributed by atoms with E-state index in [1.54, 1.807) is 0 Å². The Bertz CT molecular complexity index is 257. The minimum absolute atomic E-state index is 0.0351. The first-order valence-electron chi connectivity index (χ1n) is 5.03. The summed E-state index contributed by atoms with van der Waals surface area (Å²) in [5.41, 5.74) is -4.49. The standard InChI is InChI=1S/C9H13F6NO2/c1-3-16(4-2)5-7(18-6-17,8(10,11)12)9(13,14)15/h6H,3-5H2,1-2H3. The van der Waals surface area contributed by atoms with Crippen molar-refractivity contribution in [2.75, 3.05) is 19.6 Å². The summed E-state index contributed by atoms with van der Waals surface area (Å²) in [6.07, 6.45) is -11.5. The molecule has 0 unspecified atom stereocenters. The summed E-state index contributed by atoms with van der Waals surface area (Å²) in [6.45, 7) is 0.430. The van der Waals surface area contributed by atoms with Crippen LogP contribution in [0, 0.1) is 0 Å². The van der Waals surface area contributed by atoms with Crippen molar-refractivity contribution in [3.05, 3.63) is 0 Å². The molecule has 3 nitrogen and oxygen atoms in total. The number of nitrogens with zero attached hydrogens (tertiary/aromatic N) is 1. The smallest absolute Gasteiger partial charge is 0.438 e. The molecular formula is C9H13F6NO2. The van der Waals surface area contributed by atoms with Crippen molar-refractivity contribution >= 4 is 6.47 Å². The number of halogens is 6. The van der Waals surface area contributed by atoms with Crippen molar-refractivity contribution in [2.45, 2.75) is 31.8 Å². The van der Waals surface area contributed by atoms with E-state index in [1.807, 2.05) is 0 Å². The maximum absolute atomic E-state index is 12.7. The highest BCUT2D eigenvalue weighted by Crippen LogP contribution is 2.46. The normalized spacial score (nSPS) is 13.8. The van der Waals surface area contributed by atoms with E-state index in [0.29, 0.717) is 0 Å². The van der Waals surface area contributed by atoms with Gasteiger partial charge in [-0.05, 0) is 13.1 Å². The Kier molecular flexibility index (Phi) is 5.45. The van der Waals surface area contributed by atoms with E-state index in [0.717, 1.165) is 4.90 Å². The lowest BCUT2D eigenvalue weighted by molar-refractivity contribution is -0.369. The predicted octanol–water partition coefficient (Wildman–Crippen LogP) is 2.36. The summed E-state index contributed by atoms with van der Waals surface area (Å²) in [6, 6.07) is 0. The van der Waals surface area contributed by atoms with Crippen molar-refractivity contribution in [1.29, 1.82) is 0 Å². The Labute approximate surface area is 99.7 Å². The average Bonchev–Trinajstić information content (AvgIpc) is 2.20. The Morgan fingerprint density at radius 2 is 1.39 bits per heavy atom. The molecule has 0 atom stereocenters. The van der Waals surface area contributed by atoms with Crippen LogP contribution in [-0.2, 0) is 9.53 Å². The fourth-order valence-electron chi connectivity index (χ4n) is 1.36. The Hall–Kier alpha value is -0.990. The minimum Gasteiger partial charge on any atom is -0.440 e. The van der Waals surface area contributed by atoms with Crippen LogP contribution in [0.5, 0.6) is 0 Å². The van der Waals surface area contributed by atoms with Gasteiger partial charge in [-0.15, -0.1) is 0 Å². The Morgan fingerprint density at radius 1 is 1.00 bits per heavy atom. The lowest BCUT2D eigenvalue weighted by Crippen LogP contribution is -2.64. The number of likely N-dealkylation sites (N-methyl/N-ethyl adjacent to an activating group) is 1. The topological polar surface area (TPSA) is 29.5 Å². The van der Waals surface area contributed by atoms with Crippen LogP contribution in [0.25, 0.3) is 0 Å². The molecule has 0 aliphatic heterocycles. The monoisotopic (exact) mass is 281 g/mol. The number of ether oxygens (including phenoxy) is 1. The Morgan fingerprint density at radius 3 is 1.61 bits per heavy atom. The molecule has 0 aromatic rings. The molecule has 0 radical (unpaired) electrons. The van der Waals surface area contributed by atoms with E-state index in [1.165, 1.54) is 13.8 Å². The summed E-state index contributed by atoms with van der Waals surface area (Å²) in [5, 5.41) is 0. The molecule has 0 bridgehead atoms. The molecule has 0 heterocycles. The van der Waals surface area contributed by atoms with Crippen LogP contribution in [0.15, 0.2) is 0 Å². The summed E-state index contributed by atoms with van der Waals surface area (Å²) >= 11 is 0. The van der Waals surface area contributed by atoms with Gasteiger partial charge in [0.05, 0.1) is 6.54 Å². The molecule has 0 fully saturated rings. The van der Waals surface area contributed by atoms with Crippen molar-refractivity contribution in [1.82, 2.24) is 4.90 Å². The largest absolute Gasteiger partial charge is 0.440 e. The minimum atomic E-state index is -5.74. The van der Waals surface area contributed by atoms with Gasteiger partial charge in [-0.25, -0.2) is 0 Å². The third-order valence-electron chi connectivity index (χ3n) is 2.51. The number of alkyl halides is 6. The molecule has 0 rings (SSSR count). The van der Waals surface area contributed by atoms with Gasteiger partial charge >= 0.3 is 18.0 Å². The van der Waals surface area contributed by atoms with Crippen molar-refractivity contribution < 1.29 is 35.9 Å². The summed E-state index contributed by atoms with van der Waals surface area (Å²) in [7, 11) is 0. The summed E-state index contributed by atoms with van der Waals surface area (Å²) in [5.74, 6) is 0. The van der Waals surface area contributed by atoms with Gasteiger partial charge in [0.25, 0.3) is 6.47 Å². The maximum Gasteiger partial charge on any atom is 0.438 e. The molecule has 9 heteroatoms. The van der Waals surface area contributed by atoms with Gasteiger partial charge in [-0.1, -0.05) is 13.8 Å². The van der Waals surface area contributed by atoms with E-state index >= 15 is 0 Å². The van der Waals surface area contributed by atoms with Crippen molar-refractivity contribution in [3.8, 4) is 0 Å². The first-order chi connectivity index (χ1) is 8.05. The maximum atomic E-state index is 12.7. The van der Waals surface area contributed by atoms with Crippen LogP contribution in [0.3, 0.4) is 0 Å². The second-order valence-electron chi connectivity index (χ2n) is 3.50. The molecule has 0 N–H and O–H groups in total. The van der Waals surface area contributed by atoms with Crippen LogP contribution in [0.4, 0.5) is 26.3 Å². The number of hydrogen-bond acceptors (Lipinski definition) is 3. The Balaban J connectivity index is 5.55. The van der Waals surface area contributed by atoms with E-state index in [9.17, 15) is 31.1 Å². The predicted molar refractivity (Wildman–Crippen MR) is 49.8 cm³/mol. The number of carbonyl (C=O) groups is 1. The second kappa shape index (κ2) is 5.77. The van der Waals surface area contributed by atoms with Gasteiger partial charge in [0, 0.05) is 0 Å². The molecule has 0 saturated heterocycles. The van der Waals surface area contributed by atoms with Gasteiger partial charge in [0.2, 0.25) is 0 Å². The first kappa shape index (κ1) is 17.0. The quantitative estimate of drug-likeness (QED) is 0.553. The fraction of sp³-hybridized carbons (Fsp3) is 0.889. The number of hydrogen-bond donors (Lipinski definition) is 0. The third-order valence-corrected chi connectivity index (χ3v) is 2.51. The average molecular weight is 281 g/mol. The zero-order chi connectivity index (χ0) is 14.6.